The minimum atomic E-state index is -1.71. The fourth-order valence-corrected chi connectivity index (χ4v) is 8.89. The third-order valence-electron chi connectivity index (χ3n) is 11.8. The van der Waals surface area contributed by atoms with Crippen molar-refractivity contribution in [2.24, 2.45) is 10.8 Å². The summed E-state index contributed by atoms with van der Waals surface area (Å²) in [5, 5.41) is 26.6. The normalized spacial score (nSPS) is 29.6. The van der Waals surface area contributed by atoms with Crippen LogP contribution in [0.4, 0.5) is 0 Å². The monoisotopic (exact) mass is 825 g/mol. The lowest BCUT2D eigenvalue weighted by Gasteiger charge is -2.49. The number of carbonyl (C=O) groups is 5. The number of nitrogens with zero attached hydrogens (tertiary/aromatic N) is 1. The summed E-state index contributed by atoms with van der Waals surface area (Å²) in [6, 6.07) is 22.8. The number of aliphatic hydroxyl groups excluding tert-OH is 2. The van der Waals surface area contributed by atoms with Gasteiger partial charge in [0.15, 0.2) is 6.04 Å². The number of carbonyl (C=O) groups excluding carboxylic acids is 5. The van der Waals surface area contributed by atoms with Crippen LogP contribution < -0.4 is 10.6 Å². The Morgan fingerprint density at radius 3 is 2.27 bits per heavy atom. The van der Waals surface area contributed by atoms with E-state index in [1.165, 1.54) is 24.1 Å². The number of hydrogen-bond donors (Lipinski definition) is 4. The molecule has 3 aromatic carbocycles. The van der Waals surface area contributed by atoms with Gasteiger partial charge in [0.1, 0.15) is 42.5 Å². The summed E-state index contributed by atoms with van der Waals surface area (Å²) < 4.78 is 30.5. The van der Waals surface area contributed by atoms with E-state index >= 15 is 0 Å². The van der Waals surface area contributed by atoms with E-state index in [-0.39, 0.29) is 32.7 Å². The van der Waals surface area contributed by atoms with Gasteiger partial charge in [-0.15, -0.1) is 0 Å². The third kappa shape index (κ3) is 7.26. The standard InChI is InChI=1S/C44H47N3O13/c1-25(49)32(38(51)45-19-20-48)46-41(54)43-22-30-33-34(59-44(58-33,28-13-6-4-7-14-28)29-15-8-5-9-16-29)36(43)60-47(35(43)39(52)56-30)23-27-12-10-11-26(21-27)17-18-31(50)57-37-40(53)55-24-42(37,2)3/h4-18,21,25,30,32-37,48-49H,19-20,22-24H2,1-3H3,(H,45,51)(H,46,54)/t25-,30+,32+,33-,34-,35-,36+,37-,43-/m0/s1. The first kappa shape index (κ1) is 41.3. The van der Waals surface area contributed by atoms with Crippen LogP contribution in [0.3, 0.4) is 0 Å². The van der Waals surface area contributed by atoms with E-state index in [2.05, 4.69) is 10.6 Å². The van der Waals surface area contributed by atoms with Crippen molar-refractivity contribution in [2.75, 3.05) is 19.8 Å². The number of cyclic esters (lactones) is 1. The zero-order chi connectivity index (χ0) is 42.4. The highest BCUT2D eigenvalue weighted by molar-refractivity contribution is 5.96. The Morgan fingerprint density at radius 1 is 0.950 bits per heavy atom. The Hall–Kier alpha value is -5.49. The van der Waals surface area contributed by atoms with Crippen LogP contribution >= 0.6 is 0 Å². The fraction of sp³-hybridized carbons (Fsp3) is 0.432. The third-order valence-corrected chi connectivity index (χ3v) is 11.8. The quantitative estimate of drug-likeness (QED) is 0.110. The van der Waals surface area contributed by atoms with Gasteiger partial charge in [-0.05, 0) is 24.1 Å². The molecule has 3 aromatic rings. The SMILES string of the molecule is C[C@H](O)[C@@H](NC(=O)[C@@]12C[C@H]3OC(=O)[C@@H]1N(Cc1cccc(C=CC(=O)O[C@H]4C(=O)OCC4(C)C)c1)O[C@@H]2[C@H]1OC(c2ccccc2)(c2ccccc2)O[C@H]13)C(=O)NCCO. The van der Waals surface area contributed by atoms with Crippen molar-refractivity contribution in [3.8, 4) is 0 Å². The number of hydrogen-bond acceptors (Lipinski definition) is 14. The number of aliphatic hydroxyl groups is 2. The van der Waals surface area contributed by atoms with E-state index in [0.29, 0.717) is 22.3 Å². The molecular formula is C44H47N3O13. The maximum atomic E-state index is 15.0. The molecule has 4 N–H and O–H groups in total. The second kappa shape index (κ2) is 16.2. The van der Waals surface area contributed by atoms with Gasteiger partial charge in [0.25, 0.3) is 0 Å². The van der Waals surface area contributed by atoms with Crippen molar-refractivity contribution >= 4 is 35.8 Å². The molecule has 1 saturated carbocycles. The summed E-state index contributed by atoms with van der Waals surface area (Å²) in [4.78, 5) is 74.1. The molecule has 4 saturated heterocycles. The molecule has 1 aliphatic carbocycles. The molecule has 4 heterocycles. The summed E-state index contributed by atoms with van der Waals surface area (Å²) >= 11 is 0. The number of rotatable bonds is 13. The molecule has 2 amide bonds. The predicted octanol–water partition coefficient (Wildman–Crippen LogP) is 1.65. The van der Waals surface area contributed by atoms with Crippen molar-refractivity contribution in [1.29, 1.82) is 0 Å². The Bertz CT molecular complexity index is 2120. The van der Waals surface area contributed by atoms with Crippen molar-refractivity contribution < 1.29 is 62.7 Å². The second-order valence-electron chi connectivity index (χ2n) is 16.4. The summed E-state index contributed by atoms with van der Waals surface area (Å²) in [6.45, 7) is 4.51. The van der Waals surface area contributed by atoms with Crippen LogP contribution in [0.2, 0.25) is 0 Å². The van der Waals surface area contributed by atoms with E-state index < -0.39 is 95.0 Å². The zero-order valence-electron chi connectivity index (χ0n) is 33.2. The number of benzene rings is 3. The van der Waals surface area contributed by atoms with Gasteiger partial charge in [0.2, 0.25) is 23.7 Å². The predicted molar refractivity (Wildman–Crippen MR) is 208 cm³/mol. The highest BCUT2D eigenvalue weighted by Gasteiger charge is 2.76. The molecule has 4 aliphatic heterocycles. The van der Waals surface area contributed by atoms with Crippen LogP contribution in [-0.2, 0) is 64.8 Å². The molecule has 60 heavy (non-hydrogen) atoms. The van der Waals surface area contributed by atoms with Gasteiger partial charge in [0, 0.05) is 35.6 Å². The molecule has 0 radical (unpaired) electrons. The summed E-state index contributed by atoms with van der Waals surface area (Å²) in [7, 11) is 0. The molecule has 16 heteroatoms. The van der Waals surface area contributed by atoms with Gasteiger partial charge in [-0.2, -0.15) is 5.06 Å². The van der Waals surface area contributed by atoms with Crippen LogP contribution in [0.15, 0.2) is 91.0 Å². The average molecular weight is 826 g/mol. The minimum Gasteiger partial charge on any atom is -0.462 e. The number of ether oxygens (including phenoxy) is 5. The van der Waals surface area contributed by atoms with E-state index in [1.807, 2.05) is 60.7 Å². The molecule has 8 rings (SSSR count). The lowest BCUT2D eigenvalue weighted by Crippen LogP contribution is -2.71. The minimum absolute atomic E-state index is 0.0399. The lowest BCUT2D eigenvalue weighted by atomic mass is 9.62. The highest BCUT2D eigenvalue weighted by atomic mass is 16.8. The molecule has 16 nitrogen and oxygen atoms in total. The van der Waals surface area contributed by atoms with Gasteiger partial charge in [-0.3, -0.25) is 19.2 Å². The van der Waals surface area contributed by atoms with E-state index in [4.69, 9.17) is 28.5 Å². The first-order valence-electron chi connectivity index (χ1n) is 19.9. The number of fused-ring (bicyclic) bond motifs is 4. The molecule has 2 bridgehead atoms. The molecular weight excluding hydrogens is 778 g/mol. The van der Waals surface area contributed by atoms with Crippen LogP contribution in [0.25, 0.3) is 6.08 Å². The molecule has 9 atom stereocenters. The maximum absolute atomic E-state index is 15.0. The van der Waals surface area contributed by atoms with Crippen molar-refractivity contribution in [3.63, 3.8) is 0 Å². The largest absolute Gasteiger partial charge is 0.462 e. The number of amides is 2. The maximum Gasteiger partial charge on any atom is 0.348 e. The molecule has 5 fully saturated rings. The number of nitrogens with one attached hydrogen (secondary N) is 2. The zero-order valence-corrected chi connectivity index (χ0v) is 33.2. The fourth-order valence-electron chi connectivity index (χ4n) is 8.89. The molecule has 0 spiro atoms. The van der Waals surface area contributed by atoms with Crippen molar-refractivity contribution in [2.45, 2.75) is 88.2 Å². The number of hydroxylamine groups is 2. The Kier molecular flexibility index (Phi) is 11.1. The summed E-state index contributed by atoms with van der Waals surface area (Å²) in [5.74, 6) is -5.05. The van der Waals surface area contributed by atoms with E-state index in [0.717, 1.165) is 0 Å². The van der Waals surface area contributed by atoms with Crippen molar-refractivity contribution in [1.82, 2.24) is 15.7 Å². The lowest BCUT2D eigenvalue weighted by molar-refractivity contribution is -0.213. The van der Waals surface area contributed by atoms with Crippen molar-refractivity contribution in [3.05, 3.63) is 113 Å². The van der Waals surface area contributed by atoms with Crippen LogP contribution in [0, 0.1) is 10.8 Å². The Balaban J connectivity index is 1.13. The first-order valence-corrected chi connectivity index (χ1v) is 19.9. The summed E-state index contributed by atoms with van der Waals surface area (Å²) in [5.41, 5.74) is 0.146. The second-order valence-corrected chi connectivity index (χ2v) is 16.4. The van der Waals surface area contributed by atoms with Crippen LogP contribution in [0.1, 0.15) is 49.4 Å². The van der Waals surface area contributed by atoms with E-state index in [9.17, 15) is 34.2 Å². The van der Waals surface area contributed by atoms with Crippen LogP contribution in [0.5, 0.6) is 0 Å². The van der Waals surface area contributed by atoms with Gasteiger partial charge < -0.3 is 44.5 Å². The number of esters is 3. The smallest absolute Gasteiger partial charge is 0.348 e. The molecule has 5 aliphatic rings. The average Bonchev–Trinajstić information content (AvgIpc) is 3.90. The Labute approximate surface area is 345 Å². The van der Waals surface area contributed by atoms with Gasteiger partial charge in [0.05, 0.1) is 19.3 Å². The highest BCUT2D eigenvalue weighted by Crippen LogP contribution is 2.59. The first-order chi connectivity index (χ1) is 28.8. The summed E-state index contributed by atoms with van der Waals surface area (Å²) in [6.07, 6.45) is -3.76. The molecule has 0 aromatic heterocycles. The molecule has 0 unspecified atom stereocenters. The van der Waals surface area contributed by atoms with Crippen LogP contribution in [-0.4, -0.2) is 113 Å². The van der Waals surface area contributed by atoms with Gasteiger partial charge in [-0.25, -0.2) is 9.59 Å². The van der Waals surface area contributed by atoms with Gasteiger partial charge in [-0.1, -0.05) is 98.8 Å². The van der Waals surface area contributed by atoms with Gasteiger partial charge >= 0.3 is 17.9 Å². The Morgan fingerprint density at radius 2 is 1.63 bits per heavy atom. The van der Waals surface area contributed by atoms with E-state index in [1.54, 1.807) is 38.1 Å². The molecule has 316 valence electrons. The topological polar surface area (TPSA) is 208 Å².